The number of nitrogen functional groups attached to an aromatic ring is 1. The van der Waals surface area contributed by atoms with E-state index in [4.69, 9.17) is 20.5 Å². The fraction of sp³-hybridized carbons (Fsp3) is 0.442. The van der Waals surface area contributed by atoms with Gasteiger partial charge in [-0.3, -0.25) is 34.6 Å². The zero-order chi connectivity index (χ0) is 41.8. The lowest BCUT2D eigenvalue weighted by Crippen LogP contribution is -2.52. The summed E-state index contributed by atoms with van der Waals surface area (Å²) in [4.78, 5) is 35.8. The van der Waals surface area contributed by atoms with Crippen molar-refractivity contribution in [1.82, 2.24) is 30.0 Å². The molecule has 3 saturated heterocycles. The number of nitriles is 1. The maximum Gasteiger partial charge on any atom is 0.329 e. The van der Waals surface area contributed by atoms with Gasteiger partial charge in [0.15, 0.2) is 17.4 Å². The number of carbonyl (C=O) groups is 2. The molecule has 1 spiro atoms. The van der Waals surface area contributed by atoms with Crippen LogP contribution >= 0.6 is 0 Å². The number of piperidine rings is 1. The van der Waals surface area contributed by atoms with E-state index in [0.717, 1.165) is 57.9 Å². The molecule has 3 atom stereocenters. The average molecular weight is 812 g/mol. The second-order valence-electron chi connectivity index (χ2n) is 15.1. The van der Waals surface area contributed by atoms with Crippen molar-refractivity contribution in [2.45, 2.75) is 88.9 Å². The summed E-state index contributed by atoms with van der Waals surface area (Å²) >= 11 is 0. The van der Waals surface area contributed by atoms with Crippen LogP contribution in [0.1, 0.15) is 82.3 Å². The van der Waals surface area contributed by atoms with Gasteiger partial charge in [0.05, 0.1) is 27.8 Å². The number of hydrogen-bond acceptors (Lipinski definition) is 10. The molecule has 1 aliphatic carbocycles. The molecule has 310 valence electrons. The van der Waals surface area contributed by atoms with Gasteiger partial charge in [0.2, 0.25) is 5.91 Å². The van der Waals surface area contributed by atoms with Gasteiger partial charge in [-0.2, -0.15) is 10.4 Å². The van der Waals surface area contributed by atoms with Crippen LogP contribution in [0.3, 0.4) is 0 Å². The predicted octanol–water partition coefficient (Wildman–Crippen LogP) is 7.82. The summed E-state index contributed by atoms with van der Waals surface area (Å²) in [5.41, 5.74) is 8.29. The third-order valence-electron chi connectivity index (χ3n) is 11.7. The standard InChI is InChI=1S/C26H33F2N5O3.C15H9FN4O.C2H6/c1-31-22-15-17(19(27)14-18(22)24(30-31)33-9-5-23(34)29-25(33)35)16-3-4-21(20(28)13-16)32-10-7-26(8-11-32)6-2-12-36-26;16-11-2-3-12(18)10(8-17)15(11)21-9-1-4-13-14(7-9)20-6-5-19-13;1-2/h14-16,20-21H,2-13H2,1H3,(H,29,34,35);1-7H,18H2;1-2H3. The highest BCUT2D eigenvalue weighted by Crippen LogP contribution is 2.43. The minimum Gasteiger partial charge on any atom is -0.453 e. The van der Waals surface area contributed by atoms with Crippen molar-refractivity contribution in [2.24, 2.45) is 7.05 Å². The molecule has 3 aromatic carbocycles. The summed E-state index contributed by atoms with van der Waals surface area (Å²) in [6.07, 6.45) is 8.19. The highest BCUT2D eigenvalue weighted by atomic mass is 19.1. The van der Waals surface area contributed by atoms with Crippen LogP contribution in [0.5, 0.6) is 11.5 Å². The van der Waals surface area contributed by atoms with E-state index in [1.54, 1.807) is 48.4 Å². The van der Waals surface area contributed by atoms with Crippen molar-refractivity contribution in [3.63, 3.8) is 0 Å². The molecule has 2 aromatic heterocycles. The summed E-state index contributed by atoms with van der Waals surface area (Å²) in [6.45, 7) is 6.76. The van der Waals surface area contributed by atoms with Crippen LogP contribution in [0.15, 0.2) is 54.9 Å². The molecule has 0 bridgehead atoms. The minimum absolute atomic E-state index is 0.0183. The lowest BCUT2D eigenvalue weighted by atomic mass is 9.78. The fourth-order valence-electron chi connectivity index (χ4n) is 8.67. The third-order valence-corrected chi connectivity index (χ3v) is 11.7. The van der Waals surface area contributed by atoms with Gasteiger partial charge < -0.3 is 15.2 Å². The molecule has 3 aliphatic heterocycles. The molecule has 13 nitrogen and oxygen atoms in total. The van der Waals surface area contributed by atoms with Gasteiger partial charge in [0.1, 0.15) is 29.4 Å². The fourth-order valence-corrected chi connectivity index (χ4v) is 8.67. The number of urea groups is 1. The Labute approximate surface area is 340 Å². The second kappa shape index (κ2) is 17.6. The van der Waals surface area contributed by atoms with Gasteiger partial charge in [-0.15, -0.1) is 0 Å². The topological polar surface area (TPSA) is 165 Å². The Bertz CT molecular complexity index is 2390. The number of nitrogens with one attached hydrogen (secondary N) is 1. The van der Waals surface area contributed by atoms with Crippen LogP contribution in [0.2, 0.25) is 0 Å². The number of anilines is 2. The molecule has 3 amide bonds. The van der Waals surface area contributed by atoms with Gasteiger partial charge >= 0.3 is 6.03 Å². The molecule has 0 radical (unpaired) electrons. The molecule has 16 heteroatoms. The van der Waals surface area contributed by atoms with E-state index in [1.807, 2.05) is 19.9 Å². The first-order valence-corrected chi connectivity index (χ1v) is 20.2. The maximum atomic E-state index is 15.5. The first-order valence-electron chi connectivity index (χ1n) is 20.2. The number of imide groups is 1. The van der Waals surface area contributed by atoms with Crippen LogP contribution in [0.4, 0.5) is 29.5 Å². The molecule has 3 unspecified atom stereocenters. The smallest absolute Gasteiger partial charge is 0.329 e. The van der Waals surface area contributed by atoms with E-state index in [2.05, 4.69) is 25.3 Å². The Morgan fingerprint density at radius 2 is 1.75 bits per heavy atom. The van der Waals surface area contributed by atoms with Crippen molar-refractivity contribution in [2.75, 3.05) is 36.9 Å². The van der Waals surface area contributed by atoms with Gasteiger partial charge in [-0.25, -0.2) is 18.0 Å². The zero-order valence-electron chi connectivity index (χ0n) is 33.4. The molecule has 9 rings (SSSR count). The lowest BCUT2D eigenvalue weighted by Gasteiger charge is -2.45. The third kappa shape index (κ3) is 8.53. The summed E-state index contributed by atoms with van der Waals surface area (Å²) < 4.78 is 57.9. The van der Waals surface area contributed by atoms with Crippen molar-refractivity contribution in [3.05, 3.63) is 77.6 Å². The minimum atomic E-state index is -1.01. The monoisotopic (exact) mass is 811 g/mol. The zero-order valence-corrected chi connectivity index (χ0v) is 33.4. The number of likely N-dealkylation sites (tertiary alicyclic amines) is 1. The molecule has 4 fully saturated rings. The average Bonchev–Trinajstić information content (AvgIpc) is 3.83. The van der Waals surface area contributed by atoms with Crippen LogP contribution in [-0.2, 0) is 16.6 Å². The number of halogens is 3. The summed E-state index contributed by atoms with van der Waals surface area (Å²) in [5.74, 6) is -1.12. The quantitative estimate of drug-likeness (QED) is 0.167. The van der Waals surface area contributed by atoms with E-state index in [1.165, 1.54) is 17.0 Å². The number of nitrogens with two attached hydrogens (primary N) is 1. The van der Waals surface area contributed by atoms with Crippen molar-refractivity contribution >= 4 is 45.4 Å². The Hall–Kier alpha value is -5.79. The molecule has 5 heterocycles. The van der Waals surface area contributed by atoms with E-state index in [0.29, 0.717) is 51.9 Å². The van der Waals surface area contributed by atoms with Crippen molar-refractivity contribution in [3.8, 4) is 17.6 Å². The molecule has 4 aliphatic rings. The second-order valence-corrected chi connectivity index (χ2v) is 15.1. The predicted molar refractivity (Wildman–Crippen MR) is 217 cm³/mol. The van der Waals surface area contributed by atoms with Gasteiger partial charge in [-0.05, 0) is 92.8 Å². The van der Waals surface area contributed by atoms with E-state index < -0.39 is 23.8 Å². The number of rotatable bonds is 5. The molecular weight excluding hydrogens is 764 g/mol. The molecule has 3 N–H and O–H groups in total. The summed E-state index contributed by atoms with van der Waals surface area (Å²) in [7, 11) is 1.74. The molecule has 5 aromatic rings. The number of alkyl halides is 1. The molecule has 1 saturated carbocycles. The number of hydrogen-bond donors (Lipinski definition) is 2. The normalized spacial score (nSPS) is 21.6. The number of aromatic nitrogens is 4. The van der Waals surface area contributed by atoms with Crippen molar-refractivity contribution in [1.29, 1.82) is 5.26 Å². The highest BCUT2D eigenvalue weighted by Gasteiger charge is 2.43. The first kappa shape index (κ1) is 41.4. The summed E-state index contributed by atoms with van der Waals surface area (Å²) in [5, 5.41) is 16.3. The Kier molecular flexibility index (Phi) is 12.3. The number of carbonyl (C=O) groups excluding carboxylic acids is 2. The molecular formula is C43H48F3N9O4. The molecule has 59 heavy (non-hydrogen) atoms. The number of nitrogens with zero attached hydrogens (tertiary/aromatic N) is 7. The SMILES string of the molecule is CC.Cn1nc(N2CCC(=O)NC2=O)c2cc(F)c(C3CCC(N4CCC5(CCCO5)CC4)C(F)C3)cc21.N#Cc1c(N)ccc(F)c1Oc1ccc2nccnc2c1. The highest BCUT2D eigenvalue weighted by molar-refractivity contribution is 6.08. The van der Waals surface area contributed by atoms with Crippen molar-refractivity contribution < 1.29 is 32.2 Å². The maximum absolute atomic E-state index is 15.5. The van der Waals surface area contributed by atoms with Gasteiger partial charge in [0.25, 0.3) is 0 Å². The van der Waals surface area contributed by atoms with Gasteiger partial charge in [0, 0.05) is 69.6 Å². The first-order chi connectivity index (χ1) is 28.5. The van der Waals surface area contributed by atoms with Crippen LogP contribution < -0.4 is 20.7 Å². The largest absolute Gasteiger partial charge is 0.453 e. The Balaban J connectivity index is 0.000000195. The van der Waals surface area contributed by atoms with E-state index >= 15 is 8.78 Å². The number of fused-ring (bicyclic) bond motifs is 2. The number of benzene rings is 3. The Morgan fingerprint density at radius 1 is 0.983 bits per heavy atom. The summed E-state index contributed by atoms with van der Waals surface area (Å²) in [6, 6.07) is 11.8. The van der Waals surface area contributed by atoms with Crippen LogP contribution in [0.25, 0.3) is 21.9 Å². The van der Waals surface area contributed by atoms with E-state index in [9.17, 15) is 14.0 Å². The number of amides is 3. The van der Waals surface area contributed by atoms with Crippen LogP contribution in [-0.4, -0.2) is 80.6 Å². The van der Waals surface area contributed by atoms with Crippen LogP contribution in [0, 0.1) is 23.0 Å². The lowest BCUT2D eigenvalue weighted by molar-refractivity contribution is -0.120. The Morgan fingerprint density at radius 3 is 2.44 bits per heavy atom. The van der Waals surface area contributed by atoms with E-state index in [-0.39, 0.29) is 53.4 Å². The van der Waals surface area contributed by atoms with Gasteiger partial charge in [-0.1, -0.05) is 13.8 Å². The number of ether oxygens (including phenoxy) is 2. The number of aryl methyl sites for hydroxylation is 1.